The first kappa shape index (κ1) is 21.8. The Morgan fingerprint density at radius 1 is 1.10 bits per heavy atom. The van der Waals surface area contributed by atoms with Crippen LogP contribution in [0.25, 0.3) is 11.1 Å². The van der Waals surface area contributed by atoms with Gasteiger partial charge in [-0.2, -0.15) is 0 Å². The number of carbonyl (C=O) groups excluding carboxylic acids is 1. The molecule has 0 radical (unpaired) electrons. The molecule has 1 aliphatic heterocycles. The van der Waals surface area contributed by atoms with Crippen molar-refractivity contribution < 1.29 is 17.9 Å². The fourth-order valence-corrected chi connectivity index (χ4v) is 5.48. The summed E-state index contributed by atoms with van der Waals surface area (Å²) in [6, 6.07) is 16.2. The largest absolute Gasteiger partial charge is 0.497 e. The lowest BCUT2D eigenvalue weighted by Gasteiger charge is -2.21. The SMILES string of the molecule is COc1ccc(C2CC2C(=O)N2CCCC(NS(C)(=O)=O)CC2)c(-c2ccccc2)c1. The summed E-state index contributed by atoms with van der Waals surface area (Å²) >= 11 is 0. The molecule has 2 aromatic rings. The van der Waals surface area contributed by atoms with E-state index in [1.54, 1.807) is 7.11 Å². The average molecular weight is 443 g/mol. The Bertz CT molecular complexity index is 1040. The lowest BCUT2D eigenvalue weighted by Crippen LogP contribution is -2.36. The van der Waals surface area contributed by atoms with E-state index in [1.165, 1.54) is 11.8 Å². The summed E-state index contributed by atoms with van der Waals surface area (Å²) in [4.78, 5) is 15.2. The van der Waals surface area contributed by atoms with Crippen LogP contribution < -0.4 is 9.46 Å². The zero-order chi connectivity index (χ0) is 22.0. The molecule has 0 spiro atoms. The number of methoxy groups -OCH3 is 1. The van der Waals surface area contributed by atoms with Gasteiger partial charge in [0.2, 0.25) is 15.9 Å². The van der Waals surface area contributed by atoms with E-state index in [9.17, 15) is 13.2 Å². The summed E-state index contributed by atoms with van der Waals surface area (Å²) in [6.45, 7) is 1.29. The summed E-state index contributed by atoms with van der Waals surface area (Å²) in [5.41, 5.74) is 3.43. The van der Waals surface area contributed by atoms with Crippen molar-refractivity contribution in [1.82, 2.24) is 9.62 Å². The number of sulfonamides is 1. The fourth-order valence-electron chi connectivity index (χ4n) is 4.64. The smallest absolute Gasteiger partial charge is 0.226 e. The molecule has 6 nitrogen and oxygen atoms in total. The molecule has 1 N–H and O–H groups in total. The standard InChI is InChI=1S/C24H30N2O4S/c1-30-19-10-11-20(21(15-19)17-7-4-3-5-8-17)22-16-23(22)24(27)26-13-6-9-18(12-14-26)25-31(2,28)29/h3-5,7-8,10-11,15,18,22-23,25H,6,9,12-14,16H2,1-2H3. The van der Waals surface area contributed by atoms with Crippen molar-refractivity contribution >= 4 is 15.9 Å². The number of carbonyl (C=O) groups is 1. The van der Waals surface area contributed by atoms with Gasteiger partial charge in [0.15, 0.2) is 0 Å². The van der Waals surface area contributed by atoms with Gasteiger partial charge >= 0.3 is 0 Å². The number of amides is 1. The van der Waals surface area contributed by atoms with Crippen LogP contribution in [0.15, 0.2) is 48.5 Å². The van der Waals surface area contributed by atoms with Crippen LogP contribution in [0.1, 0.15) is 37.2 Å². The topological polar surface area (TPSA) is 75.7 Å². The van der Waals surface area contributed by atoms with Crippen LogP contribution in [0.3, 0.4) is 0 Å². The van der Waals surface area contributed by atoms with Gasteiger partial charge in [0.05, 0.1) is 13.4 Å². The first-order chi connectivity index (χ1) is 14.9. The molecule has 0 aromatic heterocycles. The summed E-state index contributed by atoms with van der Waals surface area (Å²) < 4.78 is 31.2. The molecule has 7 heteroatoms. The van der Waals surface area contributed by atoms with Crippen LogP contribution in [0, 0.1) is 5.92 Å². The number of hydrogen-bond donors (Lipinski definition) is 1. The third-order valence-electron chi connectivity index (χ3n) is 6.27. The molecule has 0 bridgehead atoms. The highest BCUT2D eigenvalue weighted by molar-refractivity contribution is 7.88. The molecule has 166 valence electrons. The van der Waals surface area contributed by atoms with Crippen LogP contribution in [0.4, 0.5) is 0 Å². The quantitative estimate of drug-likeness (QED) is 0.744. The summed E-state index contributed by atoms with van der Waals surface area (Å²) in [7, 11) is -1.56. The van der Waals surface area contributed by atoms with Crippen molar-refractivity contribution in [2.75, 3.05) is 26.5 Å². The molecule has 1 heterocycles. The van der Waals surface area contributed by atoms with Gasteiger partial charge in [-0.05, 0) is 60.4 Å². The van der Waals surface area contributed by atoms with Gasteiger partial charge in [-0.3, -0.25) is 4.79 Å². The first-order valence-corrected chi connectivity index (χ1v) is 12.7. The van der Waals surface area contributed by atoms with E-state index in [-0.39, 0.29) is 23.8 Å². The molecule has 2 aliphatic rings. The maximum Gasteiger partial charge on any atom is 0.226 e. The molecule has 2 fully saturated rings. The molecule has 1 saturated heterocycles. The molecule has 1 amide bonds. The predicted octanol–water partition coefficient (Wildman–Crippen LogP) is 3.40. The average Bonchev–Trinajstić information content (AvgIpc) is 3.57. The lowest BCUT2D eigenvalue weighted by molar-refractivity contribution is -0.132. The molecule has 31 heavy (non-hydrogen) atoms. The second kappa shape index (κ2) is 9.01. The van der Waals surface area contributed by atoms with E-state index in [1.807, 2.05) is 29.2 Å². The Balaban J connectivity index is 1.47. The van der Waals surface area contributed by atoms with Gasteiger partial charge in [0, 0.05) is 25.0 Å². The lowest BCUT2D eigenvalue weighted by atomic mass is 9.95. The number of rotatable bonds is 6. The van der Waals surface area contributed by atoms with Crippen LogP contribution in [0.5, 0.6) is 5.75 Å². The summed E-state index contributed by atoms with van der Waals surface area (Å²) in [6.07, 6.45) is 4.28. The summed E-state index contributed by atoms with van der Waals surface area (Å²) in [5.74, 6) is 1.21. The second-order valence-electron chi connectivity index (χ2n) is 8.61. The minimum absolute atomic E-state index is 0.00438. The molecule has 3 atom stereocenters. The van der Waals surface area contributed by atoms with Crippen molar-refractivity contribution in [2.45, 2.75) is 37.6 Å². The zero-order valence-corrected chi connectivity index (χ0v) is 18.9. The summed E-state index contributed by atoms with van der Waals surface area (Å²) in [5, 5.41) is 0. The Hall–Kier alpha value is -2.38. The Morgan fingerprint density at radius 2 is 1.87 bits per heavy atom. The molecule has 2 aromatic carbocycles. The van der Waals surface area contributed by atoms with Crippen LogP contribution in [-0.2, 0) is 14.8 Å². The first-order valence-electron chi connectivity index (χ1n) is 10.8. The third-order valence-corrected chi connectivity index (χ3v) is 7.03. The van der Waals surface area contributed by atoms with Gasteiger partial charge in [0.25, 0.3) is 0 Å². The van der Waals surface area contributed by atoms with Gasteiger partial charge in [-0.15, -0.1) is 0 Å². The second-order valence-corrected chi connectivity index (χ2v) is 10.4. The van der Waals surface area contributed by atoms with E-state index >= 15 is 0 Å². The minimum atomic E-state index is -3.23. The highest BCUT2D eigenvalue weighted by atomic mass is 32.2. The van der Waals surface area contributed by atoms with E-state index in [4.69, 9.17) is 4.74 Å². The number of nitrogens with one attached hydrogen (secondary N) is 1. The highest BCUT2D eigenvalue weighted by Gasteiger charge is 2.46. The molecule has 1 saturated carbocycles. The van der Waals surface area contributed by atoms with Gasteiger partial charge in [-0.1, -0.05) is 36.4 Å². The maximum atomic E-state index is 13.2. The van der Waals surface area contributed by atoms with Gasteiger partial charge < -0.3 is 9.64 Å². The molecular formula is C24H30N2O4S. The normalized spacial score (nSPS) is 23.8. The third kappa shape index (κ3) is 5.28. The van der Waals surface area contributed by atoms with E-state index in [0.717, 1.165) is 36.1 Å². The van der Waals surface area contributed by atoms with Crippen molar-refractivity contribution in [3.8, 4) is 16.9 Å². The highest BCUT2D eigenvalue weighted by Crippen LogP contribution is 2.51. The molecule has 1 aliphatic carbocycles. The molecule has 4 rings (SSSR count). The minimum Gasteiger partial charge on any atom is -0.497 e. The number of nitrogens with zero attached hydrogens (tertiary/aromatic N) is 1. The van der Waals surface area contributed by atoms with Crippen molar-refractivity contribution in [2.24, 2.45) is 5.92 Å². The Kier molecular flexibility index (Phi) is 6.34. The maximum absolute atomic E-state index is 13.2. The Labute approximate surface area is 184 Å². The number of ether oxygens (including phenoxy) is 1. The van der Waals surface area contributed by atoms with Gasteiger partial charge in [0.1, 0.15) is 5.75 Å². The fraction of sp³-hybridized carbons (Fsp3) is 0.458. The van der Waals surface area contributed by atoms with Crippen LogP contribution >= 0.6 is 0 Å². The van der Waals surface area contributed by atoms with E-state index < -0.39 is 10.0 Å². The van der Waals surface area contributed by atoms with E-state index in [0.29, 0.717) is 19.5 Å². The molecule has 3 unspecified atom stereocenters. The van der Waals surface area contributed by atoms with Crippen molar-refractivity contribution in [3.63, 3.8) is 0 Å². The number of benzene rings is 2. The monoisotopic (exact) mass is 442 g/mol. The van der Waals surface area contributed by atoms with E-state index in [2.05, 4.69) is 29.0 Å². The number of likely N-dealkylation sites (tertiary alicyclic amines) is 1. The van der Waals surface area contributed by atoms with Gasteiger partial charge in [-0.25, -0.2) is 13.1 Å². The Morgan fingerprint density at radius 3 is 2.58 bits per heavy atom. The van der Waals surface area contributed by atoms with Crippen molar-refractivity contribution in [3.05, 3.63) is 54.1 Å². The molecular weight excluding hydrogens is 412 g/mol. The zero-order valence-electron chi connectivity index (χ0n) is 18.1. The number of hydrogen-bond acceptors (Lipinski definition) is 4. The van der Waals surface area contributed by atoms with Crippen LogP contribution in [-0.4, -0.2) is 51.7 Å². The van der Waals surface area contributed by atoms with Crippen molar-refractivity contribution in [1.29, 1.82) is 0 Å². The van der Waals surface area contributed by atoms with Crippen LogP contribution in [0.2, 0.25) is 0 Å². The predicted molar refractivity (Wildman–Crippen MR) is 121 cm³/mol.